The van der Waals surface area contributed by atoms with Crippen molar-refractivity contribution in [2.45, 2.75) is 26.7 Å². The quantitative estimate of drug-likeness (QED) is 0.878. The molecule has 0 unspecified atom stereocenters. The van der Waals surface area contributed by atoms with Crippen molar-refractivity contribution in [2.75, 3.05) is 29.9 Å². The molecule has 3 amide bonds. The molecule has 1 N–H and O–H groups in total. The molecule has 2 saturated heterocycles. The zero-order valence-corrected chi connectivity index (χ0v) is 15.9. The Morgan fingerprint density at radius 1 is 1.07 bits per heavy atom. The molecule has 0 aliphatic carbocycles. The second kappa shape index (κ2) is 6.72. The predicted octanol–water partition coefficient (Wildman–Crippen LogP) is 3.96. The van der Waals surface area contributed by atoms with Gasteiger partial charge < -0.3 is 15.1 Å². The number of aryl methyl sites for hydroxylation is 2. The molecule has 0 saturated carbocycles. The number of urea groups is 1. The van der Waals surface area contributed by atoms with Crippen LogP contribution >= 0.6 is 0 Å². The Labute approximate surface area is 160 Å². The Bertz CT molecular complexity index is 895. The van der Waals surface area contributed by atoms with Crippen molar-refractivity contribution >= 4 is 23.3 Å². The molecule has 5 heteroatoms. The number of carbonyl (C=O) groups is 2. The lowest BCUT2D eigenvalue weighted by atomic mass is 9.86. The van der Waals surface area contributed by atoms with E-state index in [9.17, 15) is 9.59 Å². The van der Waals surface area contributed by atoms with E-state index in [1.807, 2.05) is 72.2 Å². The first kappa shape index (κ1) is 17.6. The van der Waals surface area contributed by atoms with Gasteiger partial charge in [0, 0.05) is 42.8 Å². The second-order valence-corrected chi connectivity index (χ2v) is 7.91. The second-order valence-electron chi connectivity index (χ2n) is 7.91. The number of anilines is 2. The zero-order valence-electron chi connectivity index (χ0n) is 15.9. The largest absolute Gasteiger partial charge is 0.324 e. The average molecular weight is 363 g/mol. The fourth-order valence-electron chi connectivity index (χ4n) is 4.29. The molecule has 2 aromatic carbocycles. The highest BCUT2D eigenvalue weighted by Gasteiger charge is 2.49. The lowest BCUT2D eigenvalue weighted by molar-refractivity contribution is -0.117. The summed E-state index contributed by atoms with van der Waals surface area (Å²) in [5, 5.41) is 2.98. The standard InChI is InChI=1S/C22H25N3O2/c1-16-6-5-8-18(12-16)23-21(27)24-11-10-22(14-24)13-20(26)25(15-22)19-9-4-3-7-17(19)2/h3-9,12H,10-11,13-15H2,1-2H3,(H,23,27)/t22-/m1/s1. The van der Waals surface area contributed by atoms with Crippen molar-refractivity contribution in [2.24, 2.45) is 5.41 Å². The smallest absolute Gasteiger partial charge is 0.321 e. The minimum atomic E-state index is -0.136. The number of likely N-dealkylation sites (tertiary alicyclic amines) is 1. The number of nitrogens with one attached hydrogen (secondary N) is 1. The molecule has 2 aromatic rings. The fourth-order valence-corrected chi connectivity index (χ4v) is 4.29. The van der Waals surface area contributed by atoms with E-state index < -0.39 is 0 Å². The molecule has 0 aromatic heterocycles. The zero-order chi connectivity index (χ0) is 19.0. The average Bonchev–Trinajstić information content (AvgIpc) is 3.19. The van der Waals surface area contributed by atoms with Crippen LogP contribution in [0.2, 0.25) is 0 Å². The van der Waals surface area contributed by atoms with Gasteiger partial charge in [0.1, 0.15) is 0 Å². The summed E-state index contributed by atoms with van der Waals surface area (Å²) >= 11 is 0. The van der Waals surface area contributed by atoms with E-state index >= 15 is 0 Å². The maximum Gasteiger partial charge on any atom is 0.321 e. The van der Waals surface area contributed by atoms with E-state index in [2.05, 4.69) is 5.32 Å². The molecule has 0 radical (unpaired) electrons. The van der Waals surface area contributed by atoms with Crippen LogP contribution in [0.15, 0.2) is 48.5 Å². The minimum Gasteiger partial charge on any atom is -0.324 e. The van der Waals surface area contributed by atoms with Crippen LogP contribution in [-0.4, -0.2) is 36.5 Å². The highest BCUT2D eigenvalue weighted by Crippen LogP contribution is 2.42. The number of carbonyl (C=O) groups excluding carboxylic acids is 2. The Balaban J connectivity index is 1.45. The van der Waals surface area contributed by atoms with Crippen molar-refractivity contribution < 1.29 is 9.59 Å². The highest BCUT2D eigenvalue weighted by atomic mass is 16.2. The van der Waals surface area contributed by atoms with Gasteiger partial charge in [-0.25, -0.2) is 4.79 Å². The van der Waals surface area contributed by atoms with Crippen LogP contribution in [0.3, 0.4) is 0 Å². The van der Waals surface area contributed by atoms with Gasteiger partial charge >= 0.3 is 6.03 Å². The molecule has 5 nitrogen and oxygen atoms in total. The molecule has 2 fully saturated rings. The Kier molecular flexibility index (Phi) is 4.38. The molecule has 140 valence electrons. The number of hydrogen-bond donors (Lipinski definition) is 1. The molecule has 1 spiro atoms. The fraction of sp³-hybridized carbons (Fsp3) is 0.364. The summed E-state index contributed by atoms with van der Waals surface area (Å²) in [4.78, 5) is 29.1. The van der Waals surface area contributed by atoms with Gasteiger partial charge in [0.25, 0.3) is 0 Å². The van der Waals surface area contributed by atoms with E-state index in [0.29, 0.717) is 26.1 Å². The maximum atomic E-state index is 12.7. The van der Waals surface area contributed by atoms with Crippen LogP contribution in [0.4, 0.5) is 16.2 Å². The van der Waals surface area contributed by atoms with Crippen molar-refractivity contribution in [1.82, 2.24) is 4.90 Å². The first-order chi connectivity index (χ1) is 13.0. The van der Waals surface area contributed by atoms with E-state index in [1.165, 1.54) is 0 Å². The summed E-state index contributed by atoms with van der Waals surface area (Å²) in [5.74, 6) is 0.158. The molecular formula is C22H25N3O2. The minimum absolute atomic E-state index is 0.0840. The summed E-state index contributed by atoms with van der Waals surface area (Å²) in [5.41, 5.74) is 3.88. The van der Waals surface area contributed by atoms with Gasteiger partial charge in [-0.2, -0.15) is 0 Å². The molecule has 0 bridgehead atoms. The van der Waals surface area contributed by atoms with Gasteiger partial charge in [0.15, 0.2) is 0 Å². The Hall–Kier alpha value is -2.82. The predicted molar refractivity (Wildman–Crippen MR) is 107 cm³/mol. The lowest BCUT2D eigenvalue weighted by Crippen LogP contribution is -2.36. The van der Waals surface area contributed by atoms with Gasteiger partial charge in [0.2, 0.25) is 5.91 Å². The molecule has 2 aliphatic heterocycles. The van der Waals surface area contributed by atoms with Crippen LogP contribution in [0.25, 0.3) is 0 Å². The molecule has 27 heavy (non-hydrogen) atoms. The third-order valence-corrected chi connectivity index (χ3v) is 5.72. The van der Waals surface area contributed by atoms with Gasteiger partial charge in [-0.1, -0.05) is 30.3 Å². The van der Waals surface area contributed by atoms with Crippen molar-refractivity contribution in [3.63, 3.8) is 0 Å². The van der Waals surface area contributed by atoms with Crippen LogP contribution in [-0.2, 0) is 4.79 Å². The monoisotopic (exact) mass is 363 g/mol. The van der Waals surface area contributed by atoms with Crippen LogP contribution in [0, 0.1) is 19.3 Å². The Morgan fingerprint density at radius 3 is 2.67 bits per heavy atom. The number of rotatable bonds is 2. The van der Waals surface area contributed by atoms with Crippen molar-refractivity contribution in [1.29, 1.82) is 0 Å². The summed E-state index contributed by atoms with van der Waals surface area (Å²) in [7, 11) is 0. The van der Waals surface area contributed by atoms with E-state index in [4.69, 9.17) is 0 Å². The van der Waals surface area contributed by atoms with Gasteiger partial charge in [0.05, 0.1) is 0 Å². The topological polar surface area (TPSA) is 52.7 Å². The van der Waals surface area contributed by atoms with Crippen molar-refractivity contribution in [3.05, 3.63) is 59.7 Å². The Morgan fingerprint density at radius 2 is 1.89 bits per heavy atom. The molecule has 1 atom stereocenters. The molecular weight excluding hydrogens is 338 g/mol. The maximum absolute atomic E-state index is 12.7. The highest BCUT2D eigenvalue weighted by molar-refractivity contribution is 5.97. The number of hydrogen-bond acceptors (Lipinski definition) is 2. The van der Waals surface area contributed by atoms with Gasteiger partial charge in [-0.15, -0.1) is 0 Å². The van der Waals surface area contributed by atoms with E-state index in [0.717, 1.165) is 28.9 Å². The normalized spacial score (nSPS) is 21.9. The summed E-state index contributed by atoms with van der Waals surface area (Å²) in [6.07, 6.45) is 1.37. The third kappa shape index (κ3) is 3.42. The first-order valence-corrected chi connectivity index (χ1v) is 9.44. The first-order valence-electron chi connectivity index (χ1n) is 9.44. The summed E-state index contributed by atoms with van der Waals surface area (Å²) < 4.78 is 0. The molecule has 2 heterocycles. The summed E-state index contributed by atoms with van der Waals surface area (Å²) in [6.45, 7) is 6.03. The van der Waals surface area contributed by atoms with Gasteiger partial charge in [-0.3, -0.25) is 4.79 Å². The van der Waals surface area contributed by atoms with E-state index in [-0.39, 0.29) is 17.4 Å². The molecule has 4 rings (SSSR count). The van der Waals surface area contributed by atoms with E-state index in [1.54, 1.807) is 0 Å². The molecule has 2 aliphatic rings. The SMILES string of the molecule is Cc1cccc(NC(=O)N2CC[C@@]3(CC(=O)N(c4ccccc4C)C3)C2)c1. The van der Waals surface area contributed by atoms with Gasteiger partial charge in [-0.05, 0) is 49.6 Å². The third-order valence-electron chi connectivity index (χ3n) is 5.72. The number of benzene rings is 2. The van der Waals surface area contributed by atoms with Crippen LogP contribution < -0.4 is 10.2 Å². The number of para-hydroxylation sites is 1. The number of nitrogens with zero attached hydrogens (tertiary/aromatic N) is 2. The summed E-state index contributed by atoms with van der Waals surface area (Å²) in [6, 6.07) is 15.7. The van der Waals surface area contributed by atoms with Crippen molar-refractivity contribution in [3.8, 4) is 0 Å². The van der Waals surface area contributed by atoms with Crippen LogP contribution in [0.1, 0.15) is 24.0 Å². The number of amides is 3. The van der Waals surface area contributed by atoms with Crippen LogP contribution in [0.5, 0.6) is 0 Å². The lowest BCUT2D eigenvalue weighted by Gasteiger charge is -2.25.